The number of nitrogens with two attached hydrogens (primary N) is 1. The molecule has 0 amide bonds. The Morgan fingerprint density at radius 2 is 2.12 bits per heavy atom. The van der Waals surface area contributed by atoms with Crippen molar-refractivity contribution in [1.82, 2.24) is 19.5 Å². The van der Waals surface area contributed by atoms with Gasteiger partial charge in [-0.25, -0.2) is 15.0 Å². The van der Waals surface area contributed by atoms with E-state index in [0.29, 0.717) is 11.3 Å². The molecule has 4 rings (SSSR count). The van der Waals surface area contributed by atoms with Crippen LogP contribution in [0.25, 0.3) is 11.2 Å². The highest BCUT2D eigenvalue weighted by molar-refractivity contribution is 5.81. The Kier molecular flexibility index (Phi) is 3.90. The van der Waals surface area contributed by atoms with E-state index in [-0.39, 0.29) is 12.1 Å². The SMILES string of the molecule is CC[C@H](c1ccccc1)c1nc(N)c2ncn(C3CCCO3)c2n1. The fourth-order valence-electron chi connectivity index (χ4n) is 3.36. The highest BCUT2D eigenvalue weighted by Crippen LogP contribution is 2.31. The van der Waals surface area contributed by atoms with Crippen molar-refractivity contribution in [3.8, 4) is 0 Å². The topological polar surface area (TPSA) is 78.8 Å². The van der Waals surface area contributed by atoms with E-state index in [4.69, 9.17) is 15.5 Å². The fourth-order valence-corrected chi connectivity index (χ4v) is 3.36. The quantitative estimate of drug-likeness (QED) is 0.797. The lowest BCUT2D eigenvalue weighted by atomic mass is 9.95. The lowest BCUT2D eigenvalue weighted by Crippen LogP contribution is -2.11. The molecule has 1 aliphatic rings. The molecule has 0 radical (unpaired) electrons. The summed E-state index contributed by atoms with van der Waals surface area (Å²) < 4.78 is 7.77. The number of imidazole rings is 1. The second-order valence-corrected chi connectivity index (χ2v) is 6.13. The molecule has 24 heavy (non-hydrogen) atoms. The van der Waals surface area contributed by atoms with Gasteiger partial charge in [0.05, 0.1) is 6.33 Å². The van der Waals surface area contributed by atoms with Gasteiger partial charge in [0.25, 0.3) is 0 Å². The summed E-state index contributed by atoms with van der Waals surface area (Å²) in [4.78, 5) is 13.8. The number of hydrogen-bond acceptors (Lipinski definition) is 5. The Hall–Kier alpha value is -2.47. The lowest BCUT2D eigenvalue weighted by Gasteiger charge is -2.16. The summed E-state index contributed by atoms with van der Waals surface area (Å²) >= 11 is 0. The maximum Gasteiger partial charge on any atom is 0.167 e. The van der Waals surface area contributed by atoms with Gasteiger partial charge in [0.2, 0.25) is 0 Å². The van der Waals surface area contributed by atoms with Crippen LogP contribution in [0.2, 0.25) is 0 Å². The van der Waals surface area contributed by atoms with E-state index in [1.165, 1.54) is 5.56 Å². The first kappa shape index (κ1) is 15.1. The summed E-state index contributed by atoms with van der Waals surface area (Å²) in [6.07, 6.45) is 4.69. The molecule has 1 saturated heterocycles. The molecule has 0 spiro atoms. The van der Waals surface area contributed by atoms with Gasteiger partial charge in [-0.15, -0.1) is 0 Å². The zero-order chi connectivity index (χ0) is 16.5. The van der Waals surface area contributed by atoms with E-state index in [0.717, 1.165) is 37.3 Å². The van der Waals surface area contributed by atoms with E-state index in [1.807, 2.05) is 22.8 Å². The van der Waals surface area contributed by atoms with Crippen molar-refractivity contribution >= 4 is 17.0 Å². The van der Waals surface area contributed by atoms with Crippen molar-refractivity contribution in [2.24, 2.45) is 0 Å². The third kappa shape index (κ3) is 2.53. The largest absolute Gasteiger partial charge is 0.382 e. The maximum absolute atomic E-state index is 6.17. The van der Waals surface area contributed by atoms with Crippen LogP contribution < -0.4 is 5.73 Å². The van der Waals surface area contributed by atoms with E-state index in [1.54, 1.807) is 6.33 Å². The minimum atomic E-state index is -0.00560. The summed E-state index contributed by atoms with van der Waals surface area (Å²) in [5.41, 5.74) is 8.78. The van der Waals surface area contributed by atoms with Crippen LogP contribution in [0, 0.1) is 0 Å². The van der Waals surface area contributed by atoms with Crippen LogP contribution in [0.5, 0.6) is 0 Å². The molecule has 3 aromatic rings. The maximum atomic E-state index is 6.17. The first-order valence-corrected chi connectivity index (χ1v) is 8.44. The van der Waals surface area contributed by atoms with Gasteiger partial charge in [0.15, 0.2) is 11.5 Å². The number of hydrogen-bond donors (Lipinski definition) is 1. The van der Waals surface area contributed by atoms with Crippen molar-refractivity contribution in [2.75, 3.05) is 12.3 Å². The zero-order valence-corrected chi connectivity index (χ0v) is 13.7. The highest BCUT2D eigenvalue weighted by atomic mass is 16.5. The molecule has 6 heteroatoms. The highest BCUT2D eigenvalue weighted by Gasteiger charge is 2.23. The fraction of sp³-hybridized carbons (Fsp3) is 0.389. The molecule has 1 aromatic carbocycles. The molecular formula is C18H21N5O. The smallest absolute Gasteiger partial charge is 0.167 e. The van der Waals surface area contributed by atoms with Gasteiger partial charge in [-0.3, -0.25) is 4.57 Å². The van der Waals surface area contributed by atoms with Crippen LogP contribution in [-0.4, -0.2) is 26.1 Å². The van der Waals surface area contributed by atoms with Gasteiger partial charge in [-0.1, -0.05) is 37.3 Å². The number of benzene rings is 1. The van der Waals surface area contributed by atoms with Gasteiger partial charge in [0.1, 0.15) is 17.6 Å². The van der Waals surface area contributed by atoms with E-state index < -0.39 is 0 Å². The first-order valence-electron chi connectivity index (χ1n) is 8.44. The molecule has 0 bridgehead atoms. The number of fused-ring (bicyclic) bond motifs is 1. The van der Waals surface area contributed by atoms with Crippen molar-refractivity contribution in [1.29, 1.82) is 0 Å². The Morgan fingerprint density at radius 1 is 1.29 bits per heavy atom. The molecule has 6 nitrogen and oxygen atoms in total. The molecule has 124 valence electrons. The second kappa shape index (κ2) is 6.20. The summed E-state index contributed by atoms with van der Waals surface area (Å²) in [7, 11) is 0. The van der Waals surface area contributed by atoms with Crippen LogP contribution in [0.4, 0.5) is 5.82 Å². The average Bonchev–Trinajstić information content (AvgIpc) is 3.25. The molecule has 3 heterocycles. The van der Waals surface area contributed by atoms with Crippen molar-refractivity contribution in [3.63, 3.8) is 0 Å². The number of aromatic nitrogens is 4. The number of rotatable bonds is 4. The van der Waals surface area contributed by atoms with Gasteiger partial charge in [0, 0.05) is 12.5 Å². The Labute approximate surface area is 140 Å². The van der Waals surface area contributed by atoms with Crippen LogP contribution in [0.3, 0.4) is 0 Å². The predicted molar refractivity (Wildman–Crippen MR) is 92.5 cm³/mol. The van der Waals surface area contributed by atoms with Crippen molar-refractivity contribution < 1.29 is 4.74 Å². The number of ether oxygens (including phenoxy) is 1. The summed E-state index contributed by atoms with van der Waals surface area (Å²) in [6.45, 7) is 2.91. The summed E-state index contributed by atoms with van der Waals surface area (Å²) in [5, 5.41) is 0. The minimum absolute atomic E-state index is 0.00560. The summed E-state index contributed by atoms with van der Waals surface area (Å²) in [5.74, 6) is 1.29. The molecule has 0 saturated carbocycles. The normalized spacial score (nSPS) is 19.0. The monoisotopic (exact) mass is 323 g/mol. The molecule has 1 fully saturated rings. The Morgan fingerprint density at radius 3 is 2.83 bits per heavy atom. The van der Waals surface area contributed by atoms with Gasteiger partial charge in [-0.2, -0.15) is 0 Å². The molecular weight excluding hydrogens is 302 g/mol. The van der Waals surface area contributed by atoms with E-state index in [9.17, 15) is 0 Å². The number of nitrogen functional groups attached to an aromatic ring is 1. The molecule has 2 aromatic heterocycles. The van der Waals surface area contributed by atoms with Crippen LogP contribution in [0.15, 0.2) is 36.7 Å². The lowest BCUT2D eigenvalue weighted by molar-refractivity contribution is 0.0592. The van der Waals surface area contributed by atoms with Gasteiger partial charge < -0.3 is 10.5 Å². The van der Waals surface area contributed by atoms with E-state index in [2.05, 4.69) is 29.0 Å². The molecule has 2 N–H and O–H groups in total. The summed E-state index contributed by atoms with van der Waals surface area (Å²) in [6, 6.07) is 10.3. The predicted octanol–water partition coefficient (Wildman–Crippen LogP) is 3.26. The molecule has 1 aliphatic heterocycles. The van der Waals surface area contributed by atoms with Crippen molar-refractivity contribution in [2.45, 2.75) is 38.3 Å². The standard InChI is InChI=1S/C18H21N5O/c1-2-13(12-7-4-3-5-8-12)17-21-16(19)15-18(22-17)23(11-20-15)14-9-6-10-24-14/h3-5,7-8,11,13-14H,2,6,9-10H2,1H3,(H2,19,21,22)/t13-,14?/m1/s1. The average molecular weight is 323 g/mol. The van der Waals surface area contributed by atoms with E-state index >= 15 is 0 Å². The third-order valence-electron chi connectivity index (χ3n) is 4.60. The third-order valence-corrected chi connectivity index (χ3v) is 4.60. The van der Waals surface area contributed by atoms with Crippen LogP contribution in [0.1, 0.15) is 49.7 Å². The Bertz CT molecular complexity index is 839. The van der Waals surface area contributed by atoms with Crippen LogP contribution in [-0.2, 0) is 4.74 Å². The van der Waals surface area contributed by atoms with Gasteiger partial charge >= 0.3 is 0 Å². The van der Waals surface area contributed by atoms with Gasteiger partial charge in [-0.05, 0) is 24.8 Å². The number of nitrogens with zero attached hydrogens (tertiary/aromatic N) is 4. The zero-order valence-electron chi connectivity index (χ0n) is 13.7. The van der Waals surface area contributed by atoms with Crippen LogP contribution >= 0.6 is 0 Å². The molecule has 0 aliphatic carbocycles. The molecule has 2 atom stereocenters. The second-order valence-electron chi connectivity index (χ2n) is 6.13. The molecule has 1 unspecified atom stereocenters. The van der Waals surface area contributed by atoms with Crippen molar-refractivity contribution in [3.05, 3.63) is 48.0 Å². The number of anilines is 1. The first-order chi connectivity index (χ1) is 11.8. The Balaban J connectivity index is 1.82. The minimum Gasteiger partial charge on any atom is -0.382 e.